The van der Waals surface area contributed by atoms with Gasteiger partial charge in [0.2, 0.25) is 5.91 Å². The lowest BCUT2D eigenvalue weighted by Crippen LogP contribution is -2.50. The molecule has 170 valence electrons. The summed E-state index contributed by atoms with van der Waals surface area (Å²) in [5.74, 6) is 1.61. The number of nitrogens with zero attached hydrogens (tertiary/aromatic N) is 3. The fraction of sp³-hybridized carbons (Fsp3) is 0.741. The van der Waals surface area contributed by atoms with Crippen LogP contribution in [0.15, 0.2) is 30.3 Å². The summed E-state index contributed by atoms with van der Waals surface area (Å²) in [5.41, 5.74) is 1.46. The van der Waals surface area contributed by atoms with Crippen molar-refractivity contribution in [3.05, 3.63) is 35.9 Å². The number of carbonyl (C=O) groups is 1. The van der Waals surface area contributed by atoms with E-state index in [2.05, 4.69) is 45.0 Å². The van der Waals surface area contributed by atoms with E-state index in [1.807, 2.05) is 0 Å². The summed E-state index contributed by atoms with van der Waals surface area (Å²) in [7, 11) is 0. The van der Waals surface area contributed by atoms with Crippen molar-refractivity contribution in [3.8, 4) is 0 Å². The van der Waals surface area contributed by atoms with Crippen molar-refractivity contribution in [2.75, 3.05) is 39.3 Å². The minimum Gasteiger partial charge on any atom is -0.339 e. The van der Waals surface area contributed by atoms with Crippen molar-refractivity contribution in [3.63, 3.8) is 0 Å². The van der Waals surface area contributed by atoms with Crippen molar-refractivity contribution in [2.45, 2.75) is 76.3 Å². The minimum atomic E-state index is 0.300. The van der Waals surface area contributed by atoms with E-state index in [-0.39, 0.29) is 0 Å². The Morgan fingerprint density at radius 3 is 2.39 bits per heavy atom. The van der Waals surface area contributed by atoms with Gasteiger partial charge in [-0.25, -0.2) is 0 Å². The van der Waals surface area contributed by atoms with E-state index in [1.54, 1.807) is 0 Å². The first kappa shape index (κ1) is 21.5. The number of fused-ring (bicyclic) bond motifs is 2. The topological polar surface area (TPSA) is 26.8 Å². The molecular weight excluding hydrogens is 382 g/mol. The molecule has 3 heterocycles. The number of aryl methyl sites for hydroxylation is 1. The van der Waals surface area contributed by atoms with Gasteiger partial charge in [-0.1, -0.05) is 36.8 Å². The van der Waals surface area contributed by atoms with Crippen LogP contribution in [-0.4, -0.2) is 72.0 Å². The van der Waals surface area contributed by atoms with Crippen LogP contribution in [0.25, 0.3) is 0 Å². The summed E-state index contributed by atoms with van der Waals surface area (Å²) in [5, 5.41) is 0. The molecule has 0 aromatic heterocycles. The van der Waals surface area contributed by atoms with E-state index in [9.17, 15) is 4.79 Å². The van der Waals surface area contributed by atoms with Gasteiger partial charge in [0.05, 0.1) is 0 Å². The molecule has 1 aromatic carbocycles. The van der Waals surface area contributed by atoms with E-state index in [1.165, 1.54) is 76.6 Å². The molecule has 2 bridgehead atoms. The predicted octanol–water partition coefficient (Wildman–Crippen LogP) is 4.20. The average Bonchev–Trinajstić information content (AvgIpc) is 3.13. The van der Waals surface area contributed by atoms with Crippen LogP contribution in [0, 0.1) is 11.8 Å². The smallest absolute Gasteiger partial charge is 0.226 e. The predicted molar refractivity (Wildman–Crippen MR) is 126 cm³/mol. The van der Waals surface area contributed by atoms with Gasteiger partial charge in [-0.05, 0) is 102 Å². The lowest BCUT2D eigenvalue weighted by atomic mass is 9.90. The summed E-state index contributed by atoms with van der Waals surface area (Å²) in [6.45, 7) is 7.06. The molecule has 1 amide bonds. The van der Waals surface area contributed by atoms with Gasteiger partial charge in [0.1, 0.15) is 0 Å². The number of hydrogen-bond donors (Lipinski definition) is 0. The minimum absolute atomic E-state index is 0.300. The Morgan fingerprint density at radius 1 is 0.871 bits per heavy atom. The molecule has 5 rings (SSSR count). The van der Waals surface area contributed by atoms with Gasteiger partial charge in [0, 0.05) is 24.5 Å². The molecule has 4 heteroatoms. The number of carbonyl (C=O) groups excluding carboxylic acids is 1. The van der Waals surface area contributed by atoms with Crippen LogP contribution in [0.3, 0.4) is 0 Å². The maximum Gasteiger partial charge on any atom is 0.226 e. The second-order valence-corrected chi connectivity index (χ2v) is 10.6. The van der Waals surface area contributed by atoms with Gasteiger partial charge in [-0.3, -0.25) is 4.79 Å². The summed E-state index contributed by atoms with van der Waals surface area (Å²) < 4.78 is 0. The SMILES string of the molecule is O=C(C1CCN(C2CCN(CCCc3ccccc3)CC2)CC1)N1C[C@H]2CCC[C@@H]1C2. The van der Waals surface area contributed by atoms with Crippen molar-refractivity contribution in [2.24, 2.45) is 11.8 Å². The molecule has 2 atom stereocenters. The van der Waals surface area contributed by atoms with E-state index < -0.39 is 0 Å². The molecule has 4 nitrogen and oxygen atoms in total. The lowest BCUT2D eigenvalue weighted by molar-refractivity contribution is -0.138. The summed E-state index contributed by atoms with van der Waals surface area (Å²) >= 11 is 0. The lowest BCUT2D eigenvalue weighted by Gasteiger charge is -2.42. The Bertz CT molecular complexity index is 706. The number of rotatable bonds is 6. The van der Waals surface area contributed by atoms with Gasteiger partial charge in [0.25, 0.3) is 0 Å². The van der Waals surface area contributed by atoms with Gasteiger partial charge in [-0.15, -0.1) is 0 Å². The van der Waals surface area contributed by atoms with Crippen molar-refractivity contribution in [1.29, 1.82) is 0 Å². The Kier molecular flexibility index (Phi) is 6.95. The Labute approximate surface area is 189 Å². The largest absolute Gasteiger partial charge is 0.339 e. The Hall–Kier alpha value is -1.39. The molecule has 3 aliphatic heterocycles. The summed E-state index contributed by atoms with van der Waals surface area (Å²) in [4.78, 5) is 20.9. The molecular formula is C27H41N3O. The van der Waals surface area contributed by atoms with E-state index in [0.29, 0.717) is 17.9 Å². The van der Waals surface area contributed by atoms with E-state index in [4.69, 9.17) is 0 Å². The van der Waals surface area contributed by atoms with Crippen molar-refractivity contribution < 1.29 is 4.79 Å². The van der Waals surface area contributed by atoms with Crippen molar-refractivity contribution >= 4 is 5.91 Å². The van der Waals surface area contributed by atoms with Crippen molar-refractivity contribution in [1.82, 2.24) is 14.7 Å². The number of amides is 1. The van der Waals surface area contributed by atoms with Crippen LogP contribution in [-0.2, 0) is 11.2 Å². The highest BCUT2D eigenvalue weighted by Crippen LogP contribution is 2.37. The first-order chi connectivity index (χ1) is 15.3. The number of benzene rings is 1. The molecule has 4 fully saturated rings. The van der Waals surface area contributed by atoms with Crippen LogP contribution < -0.4 is 0 Å². The van der Waals surface area contributed by atoms with Crippen LogP contribution in [0.5, 0.6) is 0 Å². The van der Waals surface area contributed by atoms with Crippen LogP contribution in [0.1, 0.15) is 63.4 Å². The Morgan fingerprint density at radius 2 is 1.65 bits per heavy atom. The molecule has 1 saturated carbocycles. The Balaban J connectivity index is 1.01. The average molecular weight is 424 g/mol. The third-order valence-corrected chi connectivity index (χ3v) is 8.67. The van der Waals surface area contributed by atoms with Gasteiger partial charge >= 0.3 is 0 Å². The molecule has 0 N–H and O–H groups in total. The zero-order chi connectivity index (χ0) is 21.0. The fourth-order valence-corrected chi connectivity index (χ4v) is 6.81. The molecule has 1 aromatic rings. The second kappa shape index (κ2) is 10.0. The van der Waals surface area contributed by atoms with Gasteiger partial charge < -0.3 is 14.7 Å². The third-order valence-electron chi connectivity index (χ3n) is 8.67. The molecule has 1 aliphatic carbocycles. The fourth-order valence-electron chi connectivity index (χ4n) is 6.81. The first-order valence-corrected chi connectivity index (χ1v) is 13.1. The van der Waals surface area contributed by atoms with Gasteiger partial charge in [0.15, 0.2) is 0 Å². The maximum absolute atomic E-state index is 13.2. The third kappa shape index (κ3) is 5.17. The highest BCUT2D eigenvalue weighted by Gasteiger charge is 2.41. The highest BCUT2D eigenvalue weighted by molar-refractivity contribution is 5.79. The number of hydrogen-bond acceptors (Lipinski definition) is 3. The zero-order valence-corrected chi connectivity index (χ0v) is 19.3. The maximum atomic E-state index is 13.2. The number of piperidine rings is 2. The van der Waals surface area contributed by atoms with E-state index in [0.717, 1.165) is 44.4 Å². The molecule has 0 spiro atoms. The summed E-state index contributed by atoms with van der Waals surface area (Å²) in [6.07, 6.45) is 12.5. The molecule has 3 saturated heterocycles. The van der Waals surface area contributed by atoms with Gasteiger partial charge in [-0.2, -0.15) is 0 Å². The molecule has 0 radical (unpaired) electrons. The monoisotopic (exact) mass is 423 g/mol. The highest BCUT2D eigenvalue weighted by atomic mass is 16.2. The van der Waals surface area contributed by atoms with E-state index >= 15 is 0 Å². The number of likely N-dealkylation sites (tertiary alicyclic amines) is 3. The quantitative estimate of drug-likeness (QED) is 0.686. The normalized spacial score (nSPS) is 28.8. The van der Waals surface area contributed by atoms with Crippen LogP contribution in [0.4, 0.5) is 0 Å². The standard InChI is InChI=1S/C27H41N3O/c31-27(30-21-23-8-4-10-26(30)20-23)24-11-18-29(19-12-24)25-13-16-28(17-14-25)15-5-9-22-6-2-1-3-7-22/h1-3,6-7,23-26H,4-5,8-21H2/t23-,26+/m0/s1. The van der Waals surface area contributed by atoms with Crippen LogP contribution >= 0.6 is 0 Å². The van der Waals surface area contributed by atoms with Crippen LogP contribution in [0.2, 0.25) is 0 Å². The molecule has 0 unspecified atom stereocenters. The second-order valence-electron chi connectivity index (χ2n) is 10.6. The first-order valence-electron chi connectivity index (χ1n) is 13.1. The molecule has 4 aliphatic rings. The molecule has 31 heavy (non-hydrogen) atoms. The zero-order valence-electron chi connectivity index (χ0n) is 19.3. The summed E-state index contributed by atoms with van der Waals surface area (Å²) in [6, 6.07) is 12.2.